The van der Waals surface area contributed by atoms with Crippen LogP contribution in [0, 0.1) is 5.92 Å². The summed E-state index contributed by atoms with van der Waals surface area (Å²) in [5, 5.41) is 10.8. The number of hydrogen-bond donors (Lipinski definition) is 1. The van der Waals surface area contributed by atoms with Crippen molar-refractivity contribution in [1.29, 1.82) is 0 Å². The van der Waals surface area contributed by atoms with Crippen molar-refractivity contribution in [3.63, 3.8) is 0 Å². The molecule has 0 bridgehead atoms. The number of rotatable bonds is 4. The molecule has 2 unspecified atom stereocenters. The Balaban J connectivity index is 2.21. The number of hydrogen-bond acceptors (Lipinski definition) is 1. The summed E-state index contributed by atoms with van der Waals surface area (Å²) in [5.74, 6) is 0.874. The molecule has 0 heterocycles. The minimum atomic E-state index is -0.505. The summed E-state index contributed by atoms with van der Waals surface area (Å²) in [6.45, 7) is 6.38. The summed E-state index contributed by atoms with van der Waals surface area (Å²) in [7, 11) is 0. The van der Waals surface area contributed by atoms with Gasteiger partial charge in [0.1, 0.15) is 0 Å². The average Bonchev–Trinajstić information content (AvgIpc) is 2.39. The predicted molar refractivity (Wildman–Crippen MR) is 76.8 cm³/mol. The quantitative estimate of drug-likeness (QED) is 0.840. The van der Waals surface area contributed by atoms with E-state index in [1.165, 1.54) is 30.4 Å². The third-order valence-electron chi connectivity index (χ3n) is 4.78. The van der Waals surface area contributed by atoms with E-state index in [4.69, 9.17) is 0 Å². The van der Waals surface area contributed by atoms with E-state index in [0.29, 0.717) is 11.8 Å². The first-order valence-corrected chi connectivity index (χ1v) is 7.37. The van der Waals surface area contributed by atoms with E-state index in [1.807, 2.05) is 0 Å². The third-order valence-corrected chi connectivity index (χ3v) is 4.78. The highest BCUT2D eigenvalue weighted by molar-refractivity contribution is 5.32. The van der Waals surface area contributed by atoms with E-state index >= 15 is 0 Å². The second kappa shape index (κ2) is 5.44. The molecule has 1 aliphatic carbocycles. The number of aryl methyl sites for hydroxylation is 1. The van der Waals surface area contributed by atoms with Crippen molar-refractivity contribution in [2.45, 2.75) is 64.4 Å². The maximum Gasteiger partial charge on any atom is 0.0673 e. The van der Waals surface area contributed by atoms with Crippen molar-refractivity contribution in [3.05, 3.63) is 35.4 Å². The maximum atomic E-state index is 10.8. The lowest BCUT2D eigenvalue weighted by atomic mass is 9.73. The molecule has 1 aromatic rings. The van der Waals surface area contributed by atoms with Gasteiger partial charge in [0.05, 0.1) is 5.60 Å². The molecule has 1 aromatic carbocycles. The molecular formula is C17H26O. The molecule has 0 spiro atoms. The van der Waals surface area contributed by atoms with Gasteiger partial charge in [-0.25, -0.2) is 0 Å². The van der Waals surface area contributed by atoms with Crippen molar-refractivity contribution < 1.29 is 5.11 Å². The van der Waals surface area contributed by atoms with Crippen molar-refractivity contribution >= 4 is 0 Å². The standard InChI is InChI=1S/C17H26O/c1-4-17(18,13(2)3)12-15-10-7-9-14-8-5-6-11-16(14)15/h5-6,8,11,13,15,18H,4,7,9-10,12H2,1-3H3. The SMILES string of the molecule is CCC(O)(CC1CCCc2ccccc21)C(C)C. The van der Waals surface area contributed by atoms with E-state index in [2.05, 4.69) is 45.0 Å². The Morgan fingerprint density at radius 3 is 2.72 bits per heavy atom. The van der Waals surface area contributed by atoms with Gasteiger partial charge in [-0.15, -0.1) is 0 Å². The van der Waals surface area contributed by atoms with Crippen LogP contribution < -0.4 is 0 Å². The molecule has 0 saturated heterocycles. The zero-order valence-corrected chi connectivity index (χ0v) is 11.9. The Hall–Kier alpha value is -0.820. The van der Waals surface area contributed by atoms with Crippen molar-refractivity contribution in [2.75, 3.05) is 0 Å². The molecule has 0 amide bonds. The molecule has 0 aliphatic heterocycles. The van der Waals surface area contributed by atoms with Crippen LogP contribution in [-0.2, 0) is 6.42 Å². The van der Waals surface area contributed by atoms with Gasteiger partial charge >= 0.3 is 0 Å². The fraction of sp³-hybridized carbons (Fsp3) is 0.647. The fourth-order valence-electron chi connectivity index (χ4n) is 3.28. The molecule has 2 atom stereocenters. The minimum Gasteiger partial charge on any atom is -0.390 e. The Morgan fingerprint density at radius 2 is 2.06 bits per heavy atom. The first-order chi connectivity index (χ1) is 8.57. The van der Waals surface area contributed by atoms with Crippen molar-refractivity contribution in [3.8, 4) is 0 Å². The molecule has 100 valence electrons. The summed E-state index contributed by atoms with van der Waals surface area (Å²) in [6, 6.07) is 8.78. The summed E-state index contributed by atoms with van der Waals surface area (Å²) >= 11 is 0. The van der Waals surface area contributed by atoms with E-state index in [1.54, 1.807) is 0 Å². The summed E-state index contributed by atoms with van der Waals surface area (Å²) in [4.78, 5) is 0. The highest BCUT2D eigenvalue weighted by Gasteiger charge is 2.34. The molecule has 2 rings (SSSR count). The molecule has 0 radical (unpaired) electrons. The van der Waals surface area contributed by atoms with Crippen LogP contribution in [-0.4, -0.2) is 10.7 Å². The van der Waals surface area contributed by atoms with Crippen LogP contribution in [0.15, 0.2) is 24.3 Å². The van der Waals surface area contributed by atoms with E-state index in [0.717, 1.165) is 12.8 Å². The smallest absolute Gasteiger partial charge is 0.0673 e. The summed E-state index contributed by atoms with van der Waals surface area (Å²) in [5.41, 5.74) is 2.47. The number of aliphatic hydroxyl groups is 1. The molecule has 1 aliphatic rings. The molecule has 0 saturated carbocycles. The lowest BCUT2D eigenvalue weighted by Gasteiger charge is -2.37. The zero-order valence-electron chi connectivity index (χ0n) is 11.9. The lowest BCUT2D eigenvalue weighted by Crippen LogP contribution is -2.36. The Morgan fingerprint density at radius 1 is 1.33 bits per heavy atom. The molecule has 0 fully saturated rings. The van der Waals surface area contributed by atoms with Crippen LogP contribution >= 0.6 is 0 Å². The van der Waals surface area contributed by atoms with Crippen molar-refractivity contribution in [2.24, 2.45) is 5.92 Å². The Bertz CT molecular complexity index is 396. The molecule has 1 nitrogen and oxygen atoms in total. The zero-order chi connectivity index (χ0) is 13.2. The highest BCUT2D eigenvalue weighted by atomic mass is 16.3. The van der Waals surface area contributed by atoms with Gasteiger partial charge in [0.2, 0.25) is 0 Å². The average molecular weight is 246 g/mol. The monoisotopic (exact) mass is 246 g/mol. The molecule has 18 heavy (non-hydrogen) atoms. The largest absolute Gasteiger partial charge is 0.390 e. The predicted octanol–water partition coefficient (Wildman–Crippen LogP) is 4.29. The van der Waals surface area contributed by atoms with Crippen molar-refractivity contribution in [1.82, 2.24) is 0 Å². The Labute approximate surface area is 111 Å². The molecule has 1 heteroatoms. The van der Waals surface area contributed by atoms with Gasteiger partial charge in [0, 0.05) is 0 Å². The van der Waals surface area contributed by atoms with Crippen LogP contribution in [0.1, 0.15) is 63.5 Å². The maximum absolute atomic E-state index is 10.8. The van der Waals surface area contributed by atoms with Gasteiger partial charge < -0.3 is 5.11 Å². The first kappa shape index (κ1) is 13.6. The summed E-state index contributed by atoms with van der Waals surface area (Å²) in [6.07, 6.45) is 5.46. The van der Waals surface area contributed by atoms with Crippen LogP contribution in [0.25, 0.3) is 0 Å². The topological polar surface area (TPSA) is 20.2 Å². The van der Waals surface area contributed by atoms with Gasteiger partial charge in [-0.2, -0.15) is 0 Å². The highest BCUT2D eigenvalue weighted by Crippen LogP contribution is 2.40. The van der Waals surface area contributed by atoms with Gasteiger partial charge in [-0.3, -0.25) is 0 Å². The summed E-state index contributed by atoms with van der Waals surface area (Å²) < 4.78 is 0. The van der Waals surface area contributed by atoms with Gasteiger partial charge in [-0.05, 0) is 55.1 Å². The van der Waals surface area contributed by atoms with Crippen LogP contribution in [0.3, 0.4) is 0 Å². The third kappa shape index (κ3) is 2.61. The van der Waals surface area contributed by atoms with Crippen LogP contribution in [0.2, 0.25) is 0 Å². The first-order valence-electron chi connectivity index (χ1n) is 7.37. The fourth-order valence-corrected chi connectivity index (χ4v) is 3.28. The number of fused-ring (bicyclic) bond motifs is 1. The van der Waals surface area contributed by atoms with E-state index in [-0.39, 0.29) is 0 Å². The van der Waals surface area contributed by atoms with Crippen LogP contribution in [0.5, 0.6) is 0 Å². The number of benzene rings is 1. The Kier molecular flexibility index (Phi) is 4.11. The normalized spacial score (nSPS) is 22.6. The van der Waals surface area contributed by atoms with Crippen LogP contribution in [0.4, 0.5) is 0 Å². The van der Waals surface area contributed by atoms with Gasteiger partial charge in [0.15, 0.2) is 0 Å². The van der Waals surface area contributed by atoms with E-state index in [9.17, 15) is 5.11 Å². The second-order valence-electron chi connectivity index (χ2n) is 6.10. The minimum absolute atomic E-state index is 0.330. The molecule has 0 aromatic heterocycles. The second-order valence-corrected chi connectivity index (χ2v) is 6.10. The lowest BCUT2D eigenvalue weighted by molar-refractivity contribution is -0.0238. The molecular weight excluding hydrogens is 220 g/mol. The van der Waals surface area contributed by atoms with E-state index < -0.39 is 5.60 Å². The van der Waals surface area contributed by atoms with Gasteiger partial charge in [-0.1, -0.05) is 45.0 Å². The van der Waals surface area contributed by atoms with Gasteiger partial charge in [0.25, 0.3) is 0 Å². The molecule has 1 N–H and O–H groups in total.